The Hall–Kier alpha value is -2.66. The molecule has 0 bridgehead atoms. The molecule has 0 saturated carbocycles. The third kappa shape index (κ3) is 4.06. The normalized spacial score (nSPS) is 14.1. The fraction of sp³-hybridized carbons (Fsp3) is 0.300. The van der Waals surface area contributed by atoms with Crippen molar-refractivity contribution >= 4 is 17.5 Å². The van der Waals surface area contributed by atoms with E-state index in [1.165, 1.54) is 4.90 Å². The number of hydrogen-bond donors (Lipinski definition) is 2. The lowest BCUT2D eigenvalue weighted by Crippen LogP contribution is -2.44. The Morgan fingerprint density at radius 1 is 1.20 bits per heavy atom. The Kier molecular flexibility index (Phi) is 5.14. The first-order valence-corrected chi connectivity index (χ1v) is 8.46. The van der Waals surface area contributed by atoms with Crippen LogP contribution in [0, 0.1) is 6.92 Å². The SMILES string of the molecule is Cc1ccc2c(c1)N(C(=O)C(=O)NCC(O)Cc1ccccc1)CC2. The number of carbonyl (C=O) groups is 2. The Morgan fingerprint density at radius 3 is 2.72 bits per heavy atom. The van der Waals surface area contributed by atoms with Crippen molar-refractivity contribution in [1.82, 2.24) is 5.32 Å². The second-order valence-corrected chi connectivity index (χ2v) is 6.39. The summed E-state index contributed by atoms with van der Waals surface area (Å²) in [7, 11) is 0. The summed E-state index contributed by atoms with van der Waals surface area (Å²) < 4.78 is 0. The summed E-state index contributed by atoms with van der Waals surface area (Å²) in [6.07, 6.45) is 0.457. The molecule has 2 N–H and O–H groups in total. The molecule has 1 aliphatic heterocycles. The molecule has 5 nitrogen and oxygen atoms in total. The Balaban J connectivity index is 1.55. The van der Waals surface area contributed by atoms with E-state index in [1.807, 2.05) is 55.5 Å². The van der Waals surface area contributed by atoms with Crippen LogP contribution in [0.3, 0.4) is 0 Å². The highest BCUT2D eigenvalue weighted by Gasteiger charge is 2.29. The summed E-state index contributed by atoms with van der Waals surface area (Å²) in [6.45, 7) is 2.52. The number of aryl methyl sites for hydroxylation is 1. The summed E-state index contributed by atoms with van der Waals surface area (Å²) in [5.41, 5.74) is 3.93. The smallest absolute Gasteiger partial charge is 0.316 e. The van der Waals surface area contributed by atoms with Gasteiger partial charge in [0.25, 0.3) is 0 Å². The molecular weight excluding hydrogens is 316 g/mol. The van der Waals surface area contributed by atoms with Crippen molar-refractivity contribution in [2.24, 2.45) is 0 Å². The van der Waals surface area contributed by atoms with Gasteiger partial charge in [0.1, 0.15) is 0 Å². The van der Waals surface area contributed by atoms with Gasteiger partial charge in [-0.3, -0.25) is 9.59 Å². The second-order valence-electron chi connectivity index (χ2n) is 6.39. The molecule has 1 unspecified atom stereocenters. The first-order valence-electron chi connectivity index (χ1n) is 8.46. The first kappa shape index (κ1) is 17.2. The van der Waals surface area contributed by atoms with Gasteiger partial charge >= 0.3 is 11.8 Å². The number of fused-ring (bicyclic) bond motifs is 1. The number of hydrogen-bond acceptors (Lipinski definition) is 3. The van der Waals surface area contributed by atoms with Gasteiger partial charge in [-0.15, -0.1) is 0 Å². The quantitative estimate of drug-likeness (QED) is 0.832. The van der Waals surface area contributed by atoms with Crippen molar-refractivity contribution < 1.29 is 14.7 Å². The maximum Gasteiger partial charge on any atom is 0.316 e. The number of anilines is 1. The van der Waals surface area contributed by atoms with Gasteiger partial charge in [-0.05, 0) is 36.1 Å². The number of amides is 2. The molecule has 0 fully saturated rings. The maximum atomic E-state index is 12.4. The molecule has 0 radical (unpaired) electrons. The Bertz CT molecular complexity index is 774. The molecule has 1 atom stereocenters. The largest absolute Gasteiger partial charge is 0.391 e. The molecule has 25 heavy (non-hydrogen) atoms. The maximum absolute atomic E-state index is 12.4. The van der Waals surface area contributed by atoms with Gasteiger partial charge in [-0.25, -0.2) is 0 Å². The minimum atomic E-state index is -0.729. The summed E-state index contributed by atoms with van der Waals surface area (Å²) in [4.78, 5) is 26.1. The topological polar surface area (TPSA) is 69.6 Å². The van der Waals surface area contributed by atoms with Crippen LogP contribution >= 0.6 is 0 Å². The molecule has 5 heteroatoms. The lowest BCUT2D eigenvalue weighted by Gasteiger charge is -2.18. The standard InChI is InChI=1S/C20H22N2O3/c1-14-7-8-16-9-10-22(18(16)11-14)20(25)19(24)21-13-17(23)12-15-5-3-2-4-6-15/h2-8,11,17,23H,9-10,12-13H2,1H3,(H,21,24). The zero-order valence-corrected chi connectivity index (χ0v) is 14.2. The third-order valence-corrected chi connectivity index (χ3v) is 4.39. The summed E-state index contributed by atoms with van der Waals surface area (Å²) >= 11 is 0. The lowest BCUT2D eigenvalue weighted by molar-refractivity contribution is -0.137. The van der Waals surface area contributed by atoms with Crippen molar-refractivity contribution in [3.05, 3.63) is 65.2 Å². The summed E-state index contributed by atoms with van der Waals surface area (Å²) in [5, 5.41) is 12.6. The predicted molar refractivity (Wildman–Crippen MR) is 96.4 cm³/mol. The van der Waals surface area contributed by atoms with Crippen LogP contribution in [-0.4, -0.2) is 36.1 Å². The van der Waals surface area contributed by atoms with E-state index < -0.39 is 17.9 Å². The highest BCUT2D eigenvalue weighted by atomic mass is 16.3. The van der Waals surface area contributed by atoms with Gasteiger partial charge in [0.15, 0.2) is 0 Å². The van der Waals surface area contributed by atoms with Crippen LogP contribution in [0.25, 0.3) is 0 Å². The number of benzene rings is 2. The molecule has 2 aromatic rings. The minimum Gasteiger partial charge on any atom is -0.391 e. The van der Waals surface area contributed by atoms with Crippen molar-refractivity contribution in [2.45, 2.75) is 25.9 Å². The minimum absolute atomic E-state index is 0.0496. The zero-order chi connectivity index (χ0) is 17.8. The molecule has 0 aromatic heterocycles. The van der Waals surface area contributed by atoms with E-state index in [-0.39, 0.29) is 6.54 Å². The van der Waals surface area contributed by atoms with Gasteiger partial charge in [0.2, 0.25) is 0 Å². The first-order chi connectivity index (χ1) is 12.0. The van der Waals surface area contributed by atoms with Crippen LogP contribution in [0.15, 0.2) is 48.5 Å². The molecule has 2 aromatic carbocycles. The van der Waals surface area contributed by atoms with E-state index >= 15 is 0 Å². The van der Waals surface area contributed by atoms with Gasteiger partial charge < -0.3 is 15.3 Å². The van der Waals surface area contributed by atoms with E-state index in [1.54, 1.807) is 0 Å². The molecule has 1 aliphatic rings. The number of aliphatic hydroxyl groups excluding tert-OH is 1. The number of nitrogens with one attached hydrogen (secondary N) is 1. The van der Waals surface area contributed by atoms with Crippen molar-refractivity contribution in [3.8, 4) is 0 Å². The van der Waals surface area contributed by atoms with Crippen molar-refractivity contribution in [1.29, 1.82) is 0 Å². The van der Waals surface area contributed by atoms with Crippen LogP contribution in [-0.2, 0) is 22.4 Å². The van der Waals surface area contributed by atoms with Gasteiger partial charge in [-0.1, -0.05) is 42.5 Å². The monoisotopic (exact) mass is 338 g/mol. The highest BCUT2D eigenvalue weighted by Crippen LogP contribution is 2.28. The lowest BCUT2D eigenvalue weighted by atomic mass is 10.1. The molecule has 0 spiro atoms. The van der Waals surface area contributed by atoms with Gasteiger partial charge in [-0.2, -0.15) is 0 Å². The fourth-order valence-electron chi connectivity index (χ4n) is 3.07. The van der Waals surface area contributed by atoms with Crippen LogP contribution in [0.5, 0.6) is 0 Å². The van der Waals surface area contributed by atoms with Crippen LogP contribution in [0.4, 0.5) is 5.69 Å². The van der Waals surface area contributed by atoms with Crippen LogP contribution < -0.4 is 10.2 Å². The van der Waals surface area contributed by atoms with E-state index in [4.69, 9.17) is 0 Å². The molecule has 0 saturated heterocycles. The summed E-state index contributed by atoms with van der Waals surface area (Å²) in [5.74, 6) is -1.25. The molecule has 2 amide bonds. The highest BCUT2D eigenvalue weighted by molar-refractivity contribution is 6.40. The van der Waals surface area contributed by atoms with Crippen molar-refractivity contribution in [3.63, 3.8) is 0 Å². The molecule has 130 valence electrons. The third-order valence-electron chi connectivity index (χ3n) is 4.39. The number of rotatable bonds is 4. The average molecular weight is 338 g/mol. The molecule has 0 aliphatic carbocycles. The molecule has 1 heterocycles. The van der Waals surface area contributed by atoms with E-state index in [9.17, 15) is 14.7 Å². The van der Waals surface area contributed by atoms with Crippen LogP contribution in [0.2, 0.25) is 0 Å². The number of nitrogens with zero attached hydrogens (tertiary/aromatic N) is 1. The van der Waals surface area contributed by atoms with Crippen LogP contribution in [0.1, 0.15) is 16.7 Å². The number of carbonyl (C=O) groups excluding carboxylic acids is 2. The Labute approximate surface area is 147 Å². The van der Waals surface area contributed by atoms with E-state index in [2.05, 4.69) is 5.32 Å². The average Bonchev–Trinajstić information content (AvgIpc) is 3.02. The van der Waals surface area contributed by atoms with Crippen molar-refractivity contribution in [2.75, 3.05) is 18.0 Å². The molecular formula is C20H22N2O3. The van der Waals surface area contributed by atoms with E-state index in [0.29, 0.717) is 13.0 Å². The van der Waals surface area contributed by atoms with Gasteiger partial charge in [0, 0.05) is 25.2 Å². The predicted octanol–water partition coefficient (Wildman–Crippen LogP) is 1.60. The van der Waals surface area contributed by atoms with E-state index in [0.717, 1.165) is 28.8 Å². The summed E-state index contributed by atoms with van der Waals surface area (Å²) in [6, 6.07) is 15.5. The Morgan fingerprint density at radius 2 is 1.96 bits per heavy atom. The number of aliphatic hydroxyl groups is 1. The van der Waals surface area contributed by atoms with Gasteiger partial charge in [0.05, 0.1) is 6.10 Å². The zero-order valence-electron chi connectivity index (χ0n) is 14.2. The fourth-order valence-corrected chi connectivity index (χ4v) is 3.07. The molecule has 3 rings (SSSR count). The second kappa shape index (κ2) is 7.49.